The van der Waals surface area contributed by atoms with Crippen LogP contribution >= 0.6 is 8.38 Å². The first-order chi connectivity index (χ1) is 11.6. The minimum absolute atomic E-state index is 0.0632. The molecule has 0 atom stereocenters. The van der Waals surface area contributed by atoms with Crippen LogP contribution in [0.1, 0.15) is 26.3 Å². The molecule has 1 rings (SSSR count). The molecule has 0 radical (unpaired) electrons. The van der Waals surface area contributed by atoms with Gasteiger partial charge in [0.05, 0.1) is 26.4 Å². The fourth-order valence-electron chi connectivity index (χ4n) is 1.90. The van der Waals surface area contributed by atoms with Crippen LogP contribution in [-0.2, 0) is 23.4 Å². The number of carbonyl (C=O) groups is 2. The number of hydrogen-bond acceptors (Lipinski definition) is 7. The van der Waals surface area contributed by atoms with Crippen molar-refractivity contribution < 1.29 is 23.4 Å². The van der Waals surface area contributed by atoms with E-state index in [0.29, 0.717) is 30.8 Å². The Morgan fingerprint density at radius 2 is 1.88 bits per heavy atom. The number of ether oxygens (including phenoxy) is 1. The number of carbonyl (C=O) groups excluding carboxylic acids is 2. The molecule has 0 aromatic heterocycles. The Balaban J connectivity index is 3.18. The summed E-state index contributed by atoms with van der Waals surface area (Å²) >= 11 is 0. The molecule has 0 saturated heterocycles. The van der Waals surface area contributed by atoms with Crippen LogP contribution < -0.4 is 10.6 Å². The van der Waals surface area contributed by atoms with Crippen LogP contribution in [0.15, 0.2) is 18.2 Å². The van der Waals surface area contributed by atoms with Gasteiger partial charge < -0.3 is 23.9 Å². The Labute approximate surface area is 143 Å². The van der Waals surface area contributed by atoms with Gasteiger partial charge in [0, 0.05) is 16.6 Å². The average Bonchev–Trinajstić information content (AvgIpc) is 2.59. The lowest BCUT2D eigenvalue weighted by atomic mass is 10.1. The van der Waals surface area contributed by atoms with E-state index in [1.807, 2.05) is 13.8 Å². The average molecular weight is 354 g/mol. The number of aldehydes is 1. The van der Waals surface area contributed by atoms with Crippen molar-refractivity contribution in [1.29, 1.82) is 5.41 Å². The number of benzene rings is 1. The summed E-state index contributed by atoms with van der Waals surface area (Å²) in [7, 11) is -1.26. The molecule has 0 spiro atoms. The SMILES string of the molecule is CCOC(=O)C(=N)c1ccc(P(OCC)OCC)cc1NCC=O. The van der Waals surface area contributed by atoms with E-state index in [2.05, 4.69) is 5.32 Å². The topological polar surface area (TPSA) is 97.7 Å². The highest BCUT2D eigenvalue weighted by Crippen LogP contribution is 2.38. The first-order valence-electron chi connectivity index (χ1n) is 7.72. The number of nitrogens with one attached hydrogen (secondary N) is 2. The third kappa shape index (κ3) is 5.67. The van der Waals surface area contributed by atoms with Crippen molar-refractivity contribution in [3.05, 3.63) is 23.8 Å². The van der Waals surface area contributed by atoms with E-state index in [-0.39, 0.29) is 18.9 Å². The highest BCUT2D eigenvalue weighted by molar-refractivity contribution is 7.56. The zero-order valence-electron chi connectivity index (χ0n) is 14.1. The van der Waals surface area contributed by atoms with Crippen LogP contribution in [0.2, 0.25) is 0 Å². The molecule has 1 aromatic rings. The molecule has 0 heterocycles. The smallest absolute Gasteiger partial charge is 0.356 e. The monoisotopic (exact) mass is 354 g/mol. The Hall–Kier alpha value is -1.82. The molecule has 7 nitrogen and oxygen atoms in total. The summed E-state index contributed by atoms with van der Waals surface area (Å²) in [5.41, 5.74) is 0.584. The van der Waals surface area contributed by atoms with E-state index in [1.165, 1.54) is 0 Å². The predicted octanol–water partition coefficient (Wildman–Crippen LogP) is 2.24. The summed E-state index contributed by atoms with van der Waals surface area (Å²) in [6, 6.07) is 5.13. The van der Waals surface area contributed by atoms with Crippen LogP contribution in [0.25, 0.3) is 0 Å². The minimum Gasteiger partial charge on any atom is -0.461 e. The number of hydrogen-bond donors (Lipinski definition) is 2. The third-order valence-electron chi connectivity index (χ3n) is 2.83. The second-order valence-electron chi connectivity index (χ2n) is 4.47. The fraction of sp³-hybridized carbons (Fsp3) is 0.438. The van der Waals surface area contributed by atoms with Gasteiger partial charge in [-0.05, 0) is 39.0 Å². The van der Waals surface area contributed by atoms with Crippen LogP contribution in [-0.4, -0.2) is 44.3 Å². The molecule has 0 saturated carbocycles. The summed E-state index contributed by atoms with van der Waals surface area (Å²) in [4.78, 5) is 22.5. The van der Waals surface area contributed by atoms with Crippen molar-refractivity contribution in [2.75, 3.05) is 31.7 Å². The lowest BCUT2D eigenvalue weighted by Gasteiger charge is -2.18. The lowest BCUT2D eigenvalue weighted by Crippen LogP contribution is -2.21. The molecule has 0 aliphatic carbocycles. The second kappa shape index (κ2) is 10.9. The molecular formula is C16H23N2O5P. The maximum atomic E-state index is 11.8. The highest BCUT2D eigenvalue weighted by atomic mass is 31.2. The highest BCUT2D eigenvalue weighted by Gasteiger charge is 2.20. The molecule has 0 unspecified atom stereocenters. The van der Waals surface area contributed by atoms with E-state index in [9.17, 15) is 9.59 Å². The van der Waals surface area contributed by atoms with Crippen LogP contribution in [0.3, 0.4) is 0 Å². The molecule has 0 bridgehead atoms. The van der Waals surface area contributed by atoms with Gasteiger partial charge in [-0.2, -0.15) is 0 Å². The Kier molecular flexibility index (Phi) is 9.15. The summed E-state index contributed by atoms with van der Waals surface area (Å²) in [6.07, 6.45) is 0.707. The fourth-order valence-corrected chi connectivity index (χ4v) is 3.17. The van der Waals surface area contributed by atoms with Gasteiger partial charge >= 0.3 is 5.97 Å². The molecule has 0 aliphatic rings. The first-order valence-corrected chi connectivity index (χ1v) is 8.90. The molecule has 0 fully saturated rings. The van der Waals surface area contributed by atoms with Crippen molar-refractivity contribution in [2.24, 2.45) is 0 Å². The van der Waals surface area contributed by atoms with Crippen molar-refractivity contribution in [3.8, 4) is 0 Å². The van der Waals surface area contributed by atoms with Gasteiger partial charge in [0.25, 0.3) is 0 Å². The molecule has 24 heavy (non-hydrogen) atoms. The van der Waals surface area contributed by atoms with Gasteiger partial charge in [-0.25, -0.2) is 4.79 Å². The standard InChI is InChI=1S/C16H23N2O5P/c1-4-21-16(20)15(17)13-8-7-12(11-14(13)18-9-10-19)24(22-5-2)23-6-3/h7-8,10-11,17-18H,4-6,9H2,1-3H3. The molecule has 0 aliphatic heterocycles. The molecule has 1 aromatic carbocycles. The summed E-state index contributed by atoms with van der Waals surface area (Å²) in [6.45, 7) is 6.70. The van der Waals surface area contributed by atoms with Crippen LogP contribution in [0.4, 0.5) is 5.69 Å². The predicted molar refractivity (Wildman–Crippen MR) is 94.3 cm³/mol. The van der Waals surface area contributed by atoms with Crippen molar-refractivity contribution in [1.82, 2.24) is 0 Å². The molecule has 2 N–H and O–H groups in total. The largest absolute Gasteiger partial charge is 0.461 e. The maximum Gasteiger partial charge on any atom is 0.356 e. The van der Waals surface area contributed by atoms with Crippen molar-refractivity contribution in [3.63, 3.8) is 0 Å². The molecule has 0 amide bonds. The van der Waals surface area contributed by atoms with Gasteiger partial charge in [0.1, 0.15) is 12.0 Å². The van der Waals surface area contributed by atoms with Gasteiger partial charge in [0.2, 0.25) is 8.38 Å². The summed E-state index contributed by atoms with van der Waals surface area (Å²) in [5, 5.41) is 11.7. The number of anilines is 1. The second-order valence-corrected chi connectivity index (χ2v) is 6.01. The zero-order valence-corrected chi connectivity index (χ0v) is 15.0. The van der Waals surface area contributed by atoms with E-state index in [0.717, 1.165) is 5.30 Å². The number of esters is 1. The van der Waals surface area contributed by atoms with E-state index in [1.54, 1.807) is 25.1 Å². The van der Waals surface area contributed by atoms with Crippen molar-refractivity contribution in [2.45, 2.75) is 20.8 Å². The minimum atomic E-state index is -1.26. The molecule has 132 valence electrons. The Bertz CT molecular complexity index is 574. The van der Waals surface area contributed by atoms with Gasteiger partial charge in [-0.3, -0.25) is 5.41 Å². The quantitative estimate of drug-likeness (QED) is 0.274. The van der Waals surface area contributed by atoms with Gasteiger partial charge in [-0.15, -0.1) is 0 Å². The lowest BCUT2D eigenvalue weighted by molar-refractivity contribution is -0.135. The molecule has 8 heteroatoms. The Morgan fingerprint density at radius 1 is 1.21 bits per heavy atom. The third-order valence-corrected chi connectivity index (χ3v) is 4.52. The maximum absolute atomic E-state index is 11.8. The Morgan fingerprint density at radius 3 is 2.42 bits per heavy atom. The van der Waals surface area contributed by atoms with Crippen molar-refractivity contribution >= 4 is 37.3 Å². The van der Waals surface area contributed by atoms with Gasteiger partial charge in [0.15, 0.2) is 0 Å². The van der Waals surface area contributed by atoms with Gasteiger partial charge in [-0.1, -0.05) is 0 Å². The first kappa shape index (κ1) is 20.2. The normalized spacial score (nSPS) is 10.5. The van der Waals surface area contributed by atoms with E-state index >= 15 is 0 Å². The van der Waals surface area contributed by atoms with E-state index in [4.69, 9.17) is 19.2 Å². The van der Waals surface area contributed by atoms with Crippen LogP contribution in [0.5, 0.6) is 0 Å². The summed E-state index contributed by atoms with van der Waals surface area (Å²) < 4.78 is 16.1. The summed E-state index contributed by atoms with van der Waals surface area (Å²) in [5.74, 6) is -0.712. The number of rotatable bonds is 11. The van der Waals surface area contributed by atoms with E-state index < -0.39 is 14.3 Å². The molecular weight excluding hydrogens is 331 g/mol. The van der Waals surface area contributed by atoms with Crippen LogP contribution in [0, 0.1) is 5.41 Å². The zero-order chi connectivity index (χ0) is 17.9.